The lowest BCUT2D eigenvalue weighted by atomic mass is 9.81. The van der Waals surface area contributed by atoms with Crippen molar-refractivity contribution in [2.45, 2.75) is 64.8 Å². The first-order valence-electron chi connectivity index (χ1n) is 7.74. The van der Waals surface area contributed by atoms with Crippen LogP contribution in [0.5, 0.6) is 0 Å². The fraction of sp³-hybridized carbons (Fsp3) is 0.933. The van der Waals surface area contributed by atoms with Gasteiger partial charge in [0.25, 0.3) is 0 Å². The molecule has 1 atom stereocenters. The summed E-state index contributed by atoms with van der Waals surface area (Å²) >= 11 is 0. The van der Waals surface area contributed by atoms with E-state index in [1.807, 2.05) is 0 Å². The third-order valence-corrected chi connectivity index (χ3v) is 4.89. The van der Waals surface area contributed by atoms with Gasteiger partial charge < -0.3 is 10.2 Å². The molecule has 0 aromatic carbocycles. The number of rotatable bonds is 4. The molecule has 1 saturated heterocycles. The van der Waals surface area contributed by atoms with E-state index in [0.717, 1.165) is 45.3 Å². The summed E-state index contributed by atoms with van der Waals surface area (Å²) in [5.41, 5.74) is -0.00585. The molecule has 18 heavy (non-hydrogen) atoms. The van der Waals surface area contributed by atoms with Crippen LogP contribution in [0.25, 0.3) is 0 Å². The second-order valence-corrected chi connectivity index (χ2v) is 5.99. The Morgan fingerprint density at radius 3 is 2.61 bits per heavy atom. The van der Waals surface area contributed by atoms with E-state index in [1.54, 1.807) is 0 Å². The normalized spacial score (nSPS) is 27.4. The Balaban J connectivity index is 1.99. The van der Waals surface area contributed by atoms with Crippen molar-refractivity contribution in [3.8, 4) is 0 Å². The Labute approximate surface area is 111 Å². The summed E-state index contributed by atoms with van der Waals surface area (Å²) in [6.07, 6.45) is 8.11. The lowest BCUT2D eigenvalue weighted by Crippen LogP contribution is -2.52. The molecule has 3 nitrogen and oxygen atoms in total. The zero-order valence-corrected chi connectivity index (χ0v) is 12.0. The van der Waals surface area contributed by atoms with Crippen LogP contribution in [-0.2, 0) is 4.79 Å². The van der Waals surface area contributed by atoms with Gasteiger partial charge in [0.1, 0.15) is 0 Å². The highest BCUT2D eigenvalue weighted by molar-refractivity contribution is 5.83. The van der Waals surface area contributed by atoms with E-state index in [0.29, 0.717) is 11.9 Å². The Hall–Kier alpha value is -0.570. The number of nitrogens with one attached hydrogen (secondary N) is 1. The summed E-state index contributed by atoms with van der Waals surface area (Å²) in [6, 6.07) is 0.517. The molecule has 0 bridgehead atoms. The third kappa shape index (κ3) is 2.71. The van der Waals surface area contributed by atoms with E-state index in [4.69, 9.17) is 0 Å². The number of hydrogen-bond donors (Lipinski definition) is 1. The van der Waals surface area contributed by atoms with Crippen molar-refractivity contribution in [3.05, 3.63) is 0 Å². The molecular formula is C15H28N2O. The van der Waals surface area contributed by atoms with Crippen LogP contribution in [0.2, 0.25) is 0 Å². The van der Waals surface area contributed by atoms with Gasteiger partial charge in [-0.1, -0.05) is 26.7 Å². The number of amides is 1. The Morgan fingerprint density at radius 1 is 1.28 bits per heavy atom. The molecule has 2 fully saturated rings. The van der Waals surface area contributed by atoms with Gasteiger partial charge in [0.15, 0.2) is 0 Å². The van der Waals surface area contributed by atoms with E-state index >= 15 is 0 Å². The maximum Gasteiger partial charge on any atom is 0.228 e. The zero-order chi connectivity index (χ0) is 13.0. The number of hydrogen-bond acceptors (Lipinski definition) is 2. The first kappa shape index (κ1) is 13.9. The molecule has 2 rings (SSSR count). The summed E-state index contributed by atoms with van der Waals surface area (Å²) < 4.78 is 0. The van der Waals surface area contributed by atoms with Gasteiger partial charge in [-0.3, -0.25) is 4.79 Å². The van der Waals surface area contributed by atoms with Crippen LogP contribution in [0, 0.1) is 5.41 Å². The molecule has 2 aliphatic rings. The van der Waals surface area contributed by atoms with E-state index in [2.05, 4.69) is 24.1 Å². The molecule has 0 spiro atoms. The van der Waals surface area contributed by atoms with Crippen molar-refractivity contribution in [1.82, 2.24) is 10.2 Å². The molecule has 1 amide bonds. The van der Waals surface area contributed by atoms with Gasteiger partial charge >= 0.3 is 0 Å². The van der Waals surface area contributed by atoms with E-state index in [-0.39, 0.29) is 5.41 Å². The molecule has 104 valence electrons. The van der Waals surface area contributed by atoms with Gasteiger partial charge in [-0.05, 0) is 38.6 Å². The molecular weight excluding hydrogens is 224 g/mol. The second kappa shape index (κ2) is 6.05. The summed E-state index contributed by atoms with van der Waals surface area (Å²) in [4.78, 5) is 14.9. The van der Waals surface area contributed by atoms with Crippen LogP contribution >= 0.6 is 0 Å². The van der Waals surface area contributed by atoms with Crippen molar-refractivity contribution in [3.63, 3.8) is 0 Å². The molecule has 0 aromatic rings. The van der Waals surface area contributed by atoms with Crippen molar-refractivity contribution in [1.29, 1.82) is 0 Å². The Kier molecular flexibility index (Phi) is 4.66. The van der Waals surface area contributed by atoms with Gasteiger partial charge in [-0.25, -0.2) is 0 Å². The number of piperidine rings is 1. The third-order valence-electron chi connectivity index (χ3n) is 4.89. The molecule has 3 heteroatoms. The predicted molar refractivity (Wildman–Crippen MR) is 74.5 cm³/mol. The highest BCUT2D eigenvalue weighted by Gasteiger charge is 2.42. The van der Waals surface area contributed by atoms with Crippen molar-refractivity contribution < 1.29 is 4.79 Å². The summed E-state index contributed by atoms with van der Waals surface area (Å²) in [5.74, 6) is 0.449. The fourth-order valence-corrected chi connectivity index (χ4v) is 3.72. The zero-order valence-electron chi connectivity index (χ0n) is 12.0. The van der Waals surface area contributed by atoms with Gasteiger partial charge in [0.2, 0.25) is 5.91 Å². The summed E-state index contributed by atoms with van der Waals surface area (Å²) in [6.45, 7) is 7.24. The number of likely N-dealkylation sites (N-methyl/N-ethyl adjacent to an activating group) is 1. The van der Waals surface area contributed by atoms with Crippen LogP contribution in [0.4, 0.5) is 0 Å². The van der Waals surface area contributed by atoms with E-state index < -0.39 is 0 Å². The first-order valence-corrected chi connectivity index (χ1v) is 7.74. The SMILES string of the molecule is CCNC1CCCN(C(=O)C2(CC)CCCC2)C1. The highest BCUT2D eigenvalue weighted by Crippen LogP contribution is 2.42. The van der Waals surface area contributed by atoms with E-state index in [9.17, 15) is 4.79 Å². The van der Waals surface area contributed by atoms with Crippen molar-refractivity contribution in [2.75, 3.05) is 19.6 Å². The largest absolute Gasteiger partial charge is 0.341 e. The maximum atomic E-state index is 12.8. The molecule has 1 aliphatic carbocycles. The van der Waals surface area contributed by atoms with Gasteiger partial charge in [0.05, 0.1) is 0 Å². The summed E-state index contributed by atoms with van der Waals surface area (Å²) in [7, 11) is 0. The number of carbonyl (C=O) groups excluding carboxylic acids is 1. The quantitative estimate of drug-likeness (QED) is 0.834. The fourth-order valence-electron chi connectivity index (χ4n) is 3.72. The van der Waals surface area contributed by atoms with Gasteiger partial charge in [-0.2, -0.15) is 0 Å². The standard InChI is InChI=1S/C15H28N2O/c1-3-15(9-5-6-10-15)14(18)17-11-7-8-13(12-17)16-4-2/h13,16H,3-12H2,1-2H3. The Bertz CT molecular complexity index is 282. The van der Waals surface area contributed by atoms with Crippen LogP contribution < -0.4 is 5.32 Å². The molecule has 1 aliphatic heterocycles. The monoisotopic (exact) mass is 252 g/mol. The number of likely N-dealkylation sites (tertiary alicyclic amines) is 1. The minimum absolute atomic E-state index is 0.00585. The van der Waals surface area contributed by atoms with Crippen molar-refractivity contribution >= 4 is 5.91 Å². The van der Waals surface area contributed by atoms with E-state index in [1.165, 1.54) is 19.3 Å². The lowest BCUT2D eigenvalue weighted by molar-refractivity contribution is -0.143. The number of nitrogens with zero attached hydrogens (tertiary/aromatic N) is 1. The molecule has 0 radical (unpaired) electrons. The molecule has 1 heterocycles. The minimum Gasteiger partial charge on any atom is -0.341 e. The topological polar surface area (TPSA) is 32.3 Å². The van der Waals surface area contributed by atoms with Crippen LogP contribution in [-0.4, -0.2) is 36.5 Å². The Morgan fingerprint density at radius 2 is 2.00 bits per heavy atom. The molecule has 1 unspecified atom stereocenters. The maximum absolute atomic E-state index is 12.8. The predicted octanol–water partition coefficient (Wildman–Crippen LogP) is 2.56. The minimum atomic E-state index is -0.00585. The van der Waals surface area contributed by atoms with Crippen LogP contribution in [0.1, 0.15) is 58.8 Å². The molecule has 1 saturated carbocycles. The van der Waals surface area contributed by atoms with Crippen LogP contribution in [0.3, 0.4) is 0 Å². The smallest absolute Gasteiger partial charge is 0.228 e. The highest BCUT2D eigenvalue weighted by atomic mass is 16.2. The van der Waals surface area contributed by atoms with Gasteiger partial charge in [0, 0.05) is 24.5 Å². The summed E-state index contributed by atoms with van der Waals surface area (Å²) in [5, 5.41) is 3.50. The second-order valence-electron chi connectivity index (χ2n) is 5.99. The molecule has 0 aromatic heterocycles. The molecule has 1 N–H and O–H groups in total. The van der Waals surface area contributed by atoms with Crippen LogP contribution in [0.15, 0.2) is 0 Å². The average molecular weight is 252 g/mol. The number of carbonyl (C=O) groups is 1. The first-order chi connectivity index (χ1) is 8.72. The lowest BCUT2D eigenvalue weighted by Gasteiger charge is -2.39. The van der Waals surface area contributed by atoms with Crippen molar-refractivity contribution in [2.24, 2.45) is 5.41 Å². The average Bonchev–Trinajstić information content (AvgIpc) is 2.88. The van der Waals surface area contributed by atoms with Gasteiger partial charge in [-0.15, -0.1) is 0 Å².